The first-order valence-corrected chi connectivity index (χ1v) is 12.4. The predicted molar refractivity (Wildman–Crippen MR) is 130 cm³/mol. The maximum Gasteiger partial charge on any atom is 0.260 e. The zero-order valence-electron chi connectivity index (χ0n) is 20.0. The van der Waals surface area contributed by atoms with Crippen LogP contribution in [0.3, 0.4) is 0 Å². The Morgan fingerprint density at radius 1 is 1.06 bits per heavy atom. The molecule has 0 saturated carbocycles. The second-order valence-corrected chi connectivity index (χ2v) is 9.34. The lowest BCUT2D eigenvalue weighted by Gasteiger charge is -2.35. The summed E-state index contributed by atoms with van der Waals surface area (Å²) in [5.74, 6) is 2.67. The average molecular weight is 452 g/mol. The minimum atomic E-state index is 0.108. The molecule has 6 nitrogen and oxygen atoms in total. The lowest BCUT2D eigenvalue weighted by atomic mass is 9.81. The van der Waals surface area contributed by atoms with Crippen LogP contribution in [0.15, 0.2) is 42.6 Å². The molecule has 0 bridgehead atoms. The van der Waals surface area contributed by atoms with Crippen LogP contribution in [0.2, 0.25) is 0 Å². The number of carbonyl (C=O) groups excluding carboxylic acids is 1. The third kappa shape index (κ3) is 6.05. The van der Waals surface area contributed by atoms with Crippen molar-refractivity contribution in [2.24, 2.45) is 5.92 Å². The smallest absolute Gasteiger partial charge is 0.260 e. The van der Waals surface area contributed by atoms with E-state index >= 15 is 0 Å². The molecule has 2 aliphatic heterocycles. The Hall–Kier alpha value is -2.60. The highest BCUT2D eigenvalue weighted by atomic mass is 16.5. The number of piperidine rings is 2. The molecule has 178 valence electrons. The van der Waals surface area contributed by atoms with E-state index in [4.69, 9.17) is 9.47 Å². The second kappa shape index (κ2) is 11.5. The van der Waals surface area contributed by atoms with Crippen LogP contribution in [0.5, 0.6) is 11.6 Å². The molecular weight excluding hydrogens is 414 g/mol. The van der Waals surface area contributed by atoms with Crippen LogP contribution in [-0.2, 0) is 11.3 Å². The molecule has 1 aromatic heterocycles. The maximum atomic E-state index is 12.6. The predicted octanol–water partition coefficient (Wildman–Crippen LogP) is 4.50. The third-order valence-electron chi connectivity index (χ3n) is 7.25. The highest BCUT2D eigenvalue weighted by Gasteiger charge is 2.27. The van der Waals surface area contributed by atoms with Crippen molar-refractivity contribution >= 4 is 5.91 Å². The summed E-state index contributed by atoms with van der Waals surface area (Å²) in [4.78, 5) is 21.3. The Morgan fingerprint density at radius 2 is 1.82 bits per heavy atom. The van der Waals surface area contributed by atoms with Gasteiger partial charge in [0.1, 0.15) is 5.75 Å². The molecule has 0 radical (unpaired) electrons. The lowest BCUT2D eigenvalue weighted by Crippen LogP contribution is -2.38. The van der Waals surface area contributed by atoms with Gasteiger partial charge >= 0.3 is 0 Å². The van der Waals surface area contributed by atoms with E-state index in [1.807, 2.05) is 23.1 Å². The quantitative estimate of drug-likeness (QED) is 0.592. The van der Waals surface area contributed by atoms with Gasteiger partial charge in [0.05, 0.1) is 7.11 Å². The molecule has 0 spiro atoms. The summed E-state index contributed by atoms with van der Waals surface area (Å²) in [6, 6.07) is 12.3. The van der Waals surface area contributed by atoms with Crippen molar-refractivity contribution < 1.29 is 14.3 Å². The first kappa shape index (κ1) is 23.6. The van der Waals surface area contributed by atoms with Crippen molar-refractivity contribution in [1.29, 1.82) is 0 Å². The molecule has 1 unspecified atom stereocenters. The normalized spacial score (nSPS) is 18.7. The van der Waals surface area contributed by atoms with E-state index in [9.17, 15) is 4.79 Å². The fourth-order valence-corrected chi connectivity index (χ4v) is 5.20. The van der Waals surface area contributed by atoms with Crippen molar-refractivity contribution in [3.05, 3.63) is 53.7 Å². The Kier molecular flexibility index (Phi) is 8.21. The number of aromatic nitrogens is 1. The van der Waals surface area contributed by atoms with Gasteiger partial charge in [-0.2, -0.15) is 0 Å². The molecule has 2 aromatic rings. The summed E-state index contributed by atoms with van der Waals surface area (Å²) in [6.07, 6.45) is 7.49. The first-order valence-electron chi connectivity index (χ1n) is 12.4. The van der Waals surface area contributed by atoms with Gasteiger partial charge in [0, 0.05) is 31.4 Å². The lowest BCUT2D eigenvalue weighted by molar-refractivity contribution is -0.134. The van der Waals surface area contributed by atoms with Crippen molar-refractivity contribution in [2.45, 2.75) is 51.5 Å². The maximum absolute atomic E-state index is 12.6. The largest absolute Gasteiger partial charge is 0.483 e. The molecule has 0 N–H and O–H groups in total. The summed E-state index contributed by atoms with van der Waals surface area (Å²) in [6.45, 7) is 7.16. The number of nitrogens with zero attached hydrogens (tertiary/aromatic N) is 3. The van der Waals surface area contributed by atoms with E-state index in [2.05, 4.69) is 35.0 Å². The van der Waals surface area contributed by atoms with E-state index in [0.717, 1.165) is 75.6 Å². The number of hydrogen-bond acceptors (Lipinski definition) is 5. The zero-order chi connectivity index (χ0) is 23.0. The number of para-hydroxylation sites is 1. The Bertz CT molecular complexity index is 905. The van der Waals surface area contributed by atoms with Crippen LogP contribution in [0.1, 0.15) is 56.1 Å². The van der Waals surface area contributed by atoms with E-state index in [-0.39, 0.29) is 12.5 Å². The van der Waals surface area contributed by atoms with Gasteiger partial charge in [-0.25, -0.2) is 4.98 Å². The summed E-state index contributed by atoms with van der Waals surface area (Å²) < 4.78 is 11.5. The number of amides is 1. The van der Waals surface area contributed by atoms with E-state index in [1.54, 1.807) is 13.3 Å². The fourth-order valence-electron chi connectivity index (χ4n) is 5.20. The summed E-state index contributed by atoms with van der Waals surface area (Å²) in [5, 5.41) is 0. The van der Waals surface area contributed by atoms with Crippen LogP contribution in [-0.4, -0.2) is 60.6 Å². The van der Waals surface area contributed by atoms with E-state index < -0.39 is 0 Å². The first-order chi connectivity index (χ1) is 16.2. The minimum Gasteiger partial charge on any atom is -0.483 e. The molecule has 3 heterocycles. The fraction of sp³-hybridized carbons (Fsp3) is 0.556. The number of methoxy groups -OCH3 is 1. The molecule has 2 fully saturated rings. The minimum absolute atomic E-state index is 0.108. The SMILES string of the molecule is COc1ncccc1CN1CCC(C(C)c2ccccc2OCC(=O)N2CCCCC2)CC1. The summed E-state index contributed by atoms with van der Waals surface area (Å²) in [7, 11) is 1.68. The molecule has 0 aliphatic carbocycles. The molecule has 2 saturated heterocycles. The third-order valence-corrected chi connectivity index (χ3v) is 7.25. The number of ether oxygens (including phenoxy) is 2. The highest BCUT2D eigenvalue weighted by Crippen LogP contribution is 2.37. The Labute approximate surface area is 197 Å². The summed E-state index contributed by atoms with van der Waals surface area (Å²) in [5.41, 5.74) is 2.36. The van der Waals surface area contributed by atoms with Gasteiger partial charge in [-0.05, 0) is 74.7 Å². The van der Waals surface area contributed by atoms with Gasteiger partial charge < -0.3 is 14.4 Å². The van der Waals surface area contributed by atoms with Gasteiger partial charge in [-0.3, -0.25) is 9.69 Å². The van der Waals surface area contributed by atoms with Crippen LogP contribution in [0.4, 0.5) is 0 Å². The molecule has 1 aromatic carbocycles. The number of likely N-dealkylation sites (tertiary alicyclic amines) is 2. The number of rotatable bonds is 8. The van der Waals surface area contributed by atoms with E-state index in [1.165, 1.54) is 12.0 Å². The number of hydrogen-bond donors (Lipinski definition) is 0. The molecule has 4 rings (SSSR count). The molecule has 33 heavy (non-hydrogen) atoms. The Morgan fingerprint density at radius 3 is 2.58 bits per heavy atom. The highest BCUT2D eigenvalue weighted by molar-refractivity contribution is 5.77. The van der Waals surface area contributed by atoms with Crippen LogP contribution in [0.25, 0.3) is 0 Å². The van der Waals surface area contributed by atoms with Crippen molar-refractivity contribution in [3.8, 4) is 11.6 Å². The molecule has 1 amide bonds. The summed E-state index contributed by atoms with van der Waals surface area (Å²) >= 11 is 0. The molecule has 1 atom stereocenters. The van der Waals surface area contributed by atoms with Crippen molar-refractivity contribution in [2.75, 3.05) is 39.9 Å². The van der Waals surface area contributed by atoms with Gasteiger partial charge in [-0.1, -0.05) is 31.2 Å². The van der Waals surface area contributed by atoms with Gasteiger partial charge in [0.15, 0.2) is 6.61 Å². The Balaban J connectivity index is 1.32. The molecule has 6 heteroatoms. The molecular formula is C27H37N3O3. The van der Waals surface area contributed by atoms with E-state index in [0.29, 0.717) is 11.8 Å². The van der Waals surface area contributed by atoms with Crippen LogP contribution < -0.4 is 9.47 Å². The monoisotopic (exact) mass is 451 g/mol. The number of benzene rings is 1. The second-order valence-electron chi connectivity index (χ2n) is 9.34. The van der Waals surface area contributed by atoms with Crippen LogP contribution in [0, 0.1) is 5.92 Å². The van der Waals surface area contributed by atoms with Crippen LogP contribution >= 0.6 is 0 Å². The standard InChI is InChI=1S/C27H37N3O3/c1-21(22-12-17-29(18-13-22)19-23-9-8-14-28-27(23)32-2)24-10-4-5-11-25(24)33-20-26(31)30-15-6-3-7-16-30/h4-5,8-11,14,21-22H,3,6-7,12-13,15-20H2,1-2H3. The van der Waals surface area contributed by atoms with Crippen molar-refractivity contribution in [1.82, 2.24) is 14.8 Å². The molecule has 2 aliphatic rings. The zero-order valence-corrected chi connectivity index (χ0v) is 20.0. The average Bonchev–Trinajstić information content (AvgIpc) is 2.88. The van der Waals surface area contributed by atoms with Gasteiger partial charge in [0.2, 0.25) is 5.88 Å². The van der Waals surface area contributed by atoms with Gasteiger partial charge in [-0.15, -0.1) is 0 Å². The van der Waals surface area contributed by atoms with Gasteiger partial charge in [0.25, 0.3) is 5.91 Å². The van der Waals surface area contributed by atoms with Crippen molar-refractivity contribution in [3.63, 3.8) is 0 Å². The number of pyridine rings is 1. The topological polar surface area (TPSA) is 54.9 Å². The number of carbonyl (C=O) groups is 1.